The Kier molecular flexibility index (Phi) is 4.24. The number of rotatable bonds is 3. The predicted molar refractivity (Wildman–Crippen MR) is 109 cm³/mol. The van der Waals surface area contributed by atoms with Gasteiger partial charge in [-0.2, -0.15) is 0 Å². The van der Waals surface area contributed by atoms with E-state index in [1.807, 2.05) is 56.3 Å². The predicted octanol–water partition coefficient (Wildman–Crippen LogP) is 4.26. The lowest BCUT2D eigenvalue weighted by molar-refractivity contribution is 0.0698. The van der Waals surface area contributed by atoms with Crippen LogP contribution in [-0.2, 0) is 0 Å². The summed E-state index contributed by atoms with van der Waals surface area (Å²) in [7, 11) is 0. The lowest BCUT2D eigenvalue weighted by Crippen LogP contribution is -2.06. The van der Waals surface area contributed by atoms with Crippen molar-refractivity contribution < 1.29 is 9.90 Å². The first kappa shape index (κ1) is 17.6. The molecule has 0 bridgehead atoms. The van der Waals surface area contributed by atoms with E-state index in [1.54, 1.807) is 6.07 Å². The fourth-order valence-electron chi connectivity index (χ4n) is 3.20. The van der Waals surface area contributed by atoms with Crippen LogP contribution in [0.2, 0.25) is 0 Å². The molecule has 4 rings (SSSR count). The second-order valence-electron chi connectivity index (χ2n) is 6.68. The number of carboxylic acid groups (broad SMARTS) is 1. The third kappa shape index (κ3) is 3.05. The van der Waals surface area contributed by atoms with Crippen molar-refractivity contribution in [1.29, 1.82) is 0 Å². The van der Waals surface area contributed by atoms with Gasteiger partial charge in [-0.3, -0.25) is 0 Å². The zero-order valence-corrected chi connectivity index (χ0v) is 15.5. The molecule has 2 heterocycles. The standard InChI is InChI=1S/C22H18N4O2/c1-12-3-5-14(6-4-12)20-17(10-18(22(27)28)21(23)26-20)15-7-8-19-16(9-15)13(2)24-11-25-19/h3-11H,1-2H3,(H2,23,26)(H,27,28). The Labute approximate surface area is 161 Å². The first-order chi connectivity index (χ1) is 13.4. The number of aromatic nitrogens is 3. The van der Waals surface area contributed by atoms with Gasteiger partial charge in [0.1, 0.15) is 17.7 Å². The van der Waals surface area contributed by atoms with Crippen LogP contribution in [0.5, 0.6) is 0 Å². The third-order valence-corrected chi connectivity index (χ3v) is 4.75. The van der Waals surface area contributed by atoms with Crippen LogP contribution in [0.1, 0.15) is 21.6 Å². The van der Waals surface area contributed by atoms with Gasteiger partial charge in [-0.25, -0.2) is 19.7 Å². The summed E-state index contributed by atoms with van der Waals surface area (Å²) in [4.78, 5) is 24.6. The van der Waals surface area contributed by atoms with Gasteiger partial charge in [-0.05, 0) is 37.6 Å². The average Bonchev–Trinajstić information content (AvgIpc) is 2.68. The topological polar surface area (TPSA) is 102 Å². The van der Waals surface area contributed by atoms with E-state index < -0.39 is 5.97 Å². The summed E-state index contributed by atoms with van der Waals surface area (Å²) in [6, 6.07) is 15.2. The number of carboxylic acids is 1. The fraction of sp³-hybridized carbons (Fsp3) is 0.0909. The lowest BCUT2D eigenvalue weighted by atomic mass is 9.95. The number of anilines is 1. The molecule has 0 aliphatic rings. The quantitative estimate of drug-likeness (QED) is 0.559. The molecule has 0 radical (unpaired) electrons. The smallest absolute Gasteiger partial charge is 0.339 e. The number of hydrogen-bond acceptors (Lipinski definition) is 5. The van der Waals surface area contributed by atoms with Gasteiger partial charge in [0.15, 0.2) is 0 Å². The molecule has 0 amide bonds. The van der Waals surface area contributed by atoms with E-state index in [2.05, 4.69) is 15.0 Å². The molecule has 0 atom stereocenters. The molecule has 0 aliphatic carbocycles. The van der Waals surface area contributed by atoms with E-state index >= 15 is 0 Å². The minimum absolute atomic E-state index is 0.00729. The molecule has 6 heteroatoms. The summed E-state index contributed by atoms with van der Waals surface area (Å²) in [5, 5.41) is 10.4. The number of aryl methyl sites for hydroxylation is 2. The number of nitrogens with zero attached hydrogens (tertiary/aromatic N) is 3. The summed E-state index contributed by atoms with van der Waals surface area (Å²) in [6.07, 6.45) is 1.53. The van der Waals surface area contributed by atoms with E-state index in [0.717, 1.165) is 33.3 Å². The van der Waals surface area contributed by atoms with E-state index in [1.165, 1.54) is 6.33 Å². The monoisotopic (exact) mass is 370 g/mol. The van der Waals surface area contributed by atoms with Crippen LogP contribution in [0.3, 0.4) is 0 Å². The highest BCUT2D eigenvalue weighted by Gasteiger charge is 2.18. The largest absolute Gasteiger partial charge is 0.478 e. The van der Waals surface area contributed by atoms with E-state index in [-0.39, 0.29) is 11.4 Å². The molecule has 4 aromatic rings. The van der Waals surface area contributed by atoms with E-state index in [9.17, 15) is 9.90 Å². The number of benzene rings is 2. The maximum absolute atomic E-state index is 11.6. The molecule has 2 aromatic carbocycles. The van der Waals surface area contributed by atoms with Gasteiger partial charge in [-0.1, -0.05) is 35.9 Å². The SMILES string of the molecule is Cc1ccc(-c2nc(N)c(C(=O)O)cc2-c2ccc3ncnc(C)c3c2)cc1. The molecular weight excluding hydrogens is 352 g/mol. The molecule has 0 fully saturated rings. The van der Waals surface area contributed by atoms with Crippen molar-refractivity contribution in [2.24, 2.45) is 0 Å². The Hall–Kier alpha value is -3.80. The third-order valence-electron chi connectivity index (χ3n) is 4.75. The fourth-order valence-corrected chi connectivity index (χ4v) is 3.20. The zero-order chi connectivity index (χ0) is 19.8. The van der Waals surface area contributed by atoms with E-state index in [0.29, 0.717) is 11.3 Å². The second-order valence-corrected chi connectivity index (χ2v) is 6.68. The highest BCUT2D eigenvalue weighted by Crippen LogP contribution is 2.35. The number of nitrogens with two attached hydrogens (primary N) is 1. The molecule has 0 aliphatic heterocycles. The Morgan fingerprint density at radius 1 is 0.964 bits per heavy atom. The summed E-state index contributed by atoms with van der Waals surface area (Å²) in [5.74, 6) is -1.12. The Bertz CT molecular complexity index is 1220. The van der Waals surface area contributed by atoms with Crippen molar-refractivity contribution in [3.63, 3.8) is 0 Å². The molecule has 3 N–H and O–H groups in total. The van der Waals surface area contributed by atoms with E-state index in [4.69, 9.17) is 5.73 Å². The van der Waals surface area contributed by atoms with Crippen molar-refractivity contribution in [3.8, 4) is 22.4 Å². The maximum Gasteiger partial charge on any atom is 0.339 e. The highest BCUT2D eigenvalue weighted by atomic mass is 16.4. The summed E-state index contributed by atoms with van der Waals surface area (Å²) < 4.78 is 0. The van der Waals surface area contributed by atoms with Crippen LogP contribution >= 0.6 is 0 Å². The number of hydrogen-bond donors (Lipinski definition) is 2. The Morgan fingerprint density at radius 2 is 1.68 bits per heavy atom. The van der Waals surface area contributed by atoms with Gasteiger partial charge in [0.2, 0.25) is 0 Å². The number of carbonyl (C=O) groups is 1. The number of pyridine rings is 1. The first-order valence-electron chi connectivity index (χ1n) is 8.76. The maximum atomic E-state index is 11.6. The molecule has 138 valence electrons. The molecule has 0 saturated carbocycles. The minimum atomic E-state index is -1.11. The molecule has 2 aromatic heterocycles. The molecule has 0 unspecified atom stereocenters. The van der Waals surface area contributed by atoms with Crippen LogP contribution < -0.4 is 5.73 Å². The van der Waals surface area contributed by atoms with Crippen LogP contribution in [0.4, 0.5) is 5.82 Å². The van der Waals surface area contributed by atoms with Crippen LogP contribution in [0, 0.1) is 13.8 Å². The van der Waals surface area contributed by atoms with Crippen LogP contribution in [-0.4, -0.2) is 26.0 Å². The summed E-state index contributed by atoms with van der Waals surface area (Å²) in [5.41, 5.74) is 11.7. The molecular formula is C22H18N4O2. The van der Waals surface area contributed by atoms with Gasteiger partial charge in [0.05, 0.1) is 11.2 Å². The number of nitrogen functional groups attached to an aromatic ring is 1. The van der Waals surface area contributed by atoms with Crippen molar-refractivity contribution in [2.45, 2.75) is 13.8 Å². The number of aromatic carboxylic acids is 1. The molecule has 28 heavy (non-hydrogen) atoms. The first-order valence-corrected chi connectivity index (χ1v) is 8.76. The van der Waals surface area contributed by atoms with Crippen molar-refractivity contribution >= 4 is 22.7 Å². The van der Waals surface area contributed by atoms with Gasteiger partial charge >= 0.3 is 5.97 Å². The van der Waals surface area contributed by atoms with Crippen molar-refractivity contribution in [3.05, 3.63) is 71.7 Å². The Balaban J connectivity index is 2.01. The minimum Gasteiger partial charge on any atom is -0.478 e. The van der Waals surface area contributed by atoms with Gasteiger partial charge in [-0.15, -0.1) is 0 Å². The zero-order valence-electron chi connectivity index (χ0n) is 15.5. The lowest BCUT2D eigenvalue weighted by Gasteiger charge is -2.13. The highest BCUT2D eigenvalue weighted by molar-refractivity contribution is 5.97. The van der Waals surface area contributed by atoms with Crippen LogP contribution in [0.15, 0.2) is 54.9 Å². The van der Waals surface area contributed by atoms with Crippen molar-refractivity contribution in [1.82, 2.24) is 15.0 Å². The average molecular weight is 370 g/mol. The van der Waals surface area contributed by atoms with Crippen LogP contribution in [0.25, 0.3) is 33.3 Å². The molecule has 0 spiro atoms. The normalized spacial score (nSPS) is 10.9. The number of fused-ring (bicyclic) bond motifs is 1. The van der Waals surface area contributed by atoms with Gasteiger partial charge in [0, 0.05) is 22.2 Å². The summed E-state index contributed by atoms with van der Waals surface area (Å²) >= 11 is 0. The van der Waals surface area contributed by atoms with Crippen molar-refractivity contribution in [2.75, 3.05) is 5.73 Å². The Morgan fingerprint density at radius 3 is 2.39 bits per heavy atom. The molecule has 6 nitrogen and oxygen atoms in total. The molecule has 0 saturated heterocycles. The van der Waals surface area contributed by atoms with Gasteiger partial charge < -0.3 is 10.8 Å². The summed E-state index contributed by atoms with van der Waals surface area (Å²) in [6.45, 7) is 3.92. The second kappa shape index (κ2) is 6.74. The van der Waals surface area contributed by atoms with Gasteiger partial charge in [0.25, 0.3) is 0 Å².